The van der Waals surface area contributed by atoms with Crippen molar-refractivity contribution in [2.45, 2.75) is 57.1 Å². The highest BCUT2D eigenvalue weighted by atomic mass is 16.3. The summed E-state index contributed by atoms with van der Waals surface area (Å²) in [5, 5.41) is 9.22. The summed E-state index contributed by atoms with van der Waals surface area (Å²) in [4.78, 5) is 13.5. The van der Waals surface area contributed by atoms with E-state index in [0.29, 0.717) is 13.0 Å². The predicted molar refractivity (Wildman–Crippen MR) is 63.9 cm³/mol. The van der Waals surface area contributed by atoms with Crippen molar-refractivity contribution in [2.24, 2.45) is 5.73 Å². The molecule has 1 unspecified atom stereocenters. The standard InChI is InChI=1S/C12H24N2O2/c1-10(15)9-14(2)11(16)8-12(13)6-4-3-5-7-12/h10,15H,3-9,13H2,1-2H3. The van der Waals surface area contributed by atoms with Crippen molar-refractivity contribution in [3.8, 4) is 0 Å². The molecule has 0 aliphatic heterocycles. The number of hydrogen-bond donors (Lipinski definition) is 2. The van der Waals surface area contributed by atoms with E-state index in [1.807, 2.05) is 0 Å². The first-order valence-electron chi connectivity index (χ1n) is 6.14. The lowest BCUT2D eigenvalue weighted by molar-refractivity contribution is -0.132. The summed E-state index contributed by atoms with van der Waals surface area (Å²) in [7, 11) is 1.72. The molecule has 0 saturated heterocycles. The molecule has 1 aliphatic carbocycles. The van der Waals surface area contributed by atoms with Crippen LogP contribution in [0.15, 0.2) is 0 Å². The first kappa shape index (κ1) is 13.5. The van der Waals surface area contributed by atoms with E-state index < -0.39 is 6.10 Å². The van der Waals surface area contributed by atoms with Gasteiger partial charge in [0.05, 0.1) is 6.10 Å². The zero-order valence-corrected chi connectivity index (χ0v) is 10.4. The van der Waals surface area contributed by atoms with E-state index in [0.717, 1.165) is 25.7 Å². The van der Waals surface area contributed by atoms with E-state index in [4.69, 9.17) is 5.73 Å². The minimum atomic E-state index is -0.478. The molecule has 16 heavy (non-hydrogen) atoms. The number of amides is 1. The van der Waals surface area contributed by atoms with Crippen LogP contribution in [0.25, 0.3) is 0 Å². The molecule has 1 saturated carbocycles. The van der Waals surface area contributed by atoms with E-state index in [-0.39, 0.29) is 11.4 Å². The second-order valence-electron chi connectivity index (χ2n) is 5.22. The van der Waals surface area contributed by atoms with Crippen LogP contribution in [-0.4, -0.2) is 41.1 Å². The quantitative estimate of drug-likeness (QED) is 0.750. The summed E-state index contributed by atoms with van der Waals surface area (Å²) in [5.41, 5.74) is 5.92. The van der Waals surface area contributed by atoms with Crippen LogP contribution in [0.1, 0.15) is 45.4 Å². The van der Waals surface area contributed by atoms with Gasteiger partial charge in [-0.25, -0.2) is 0 Å². The maximum Gasteiger partial charge on any atom is 0.224 e. The number of aliphatic hydroxyl groups excluding tert-OH is 1. The zero-order valence-electron chi connectivity index (χ0n) is 10.4. The Balaban J connectivity index is 2.43. The number of rotatable bonds is 4. The third-order valence-electron chi connectivity index (χ3n) is 3.32. The monoisotopic (exact) mass is 228 g/mol. The fourth-order valence-electron chi connectivity index (χ4n) is 2.37. The lowest BCUT2D eigenvalue weighted by Crippen LogP contribution is -2.47. The number of nitrogens with zero attached hydrogens (tertiary/aromatic N) is 1. The van der Waals surface area contributed by atoms with Crippen molar-refractivity contribution in [2.75, 3.05) is 13.6 Å². The van der Waals surface area contributed by atoms with Crippen molar-refractivity contribution in [1.29, 1.82) is 0 Å². The number of nitrogens with two attached hydrogens (primary N) is 1. The minimum Gasteiger partial charge on any atom is -0.392 e. The topological polar surface area (TPSA) is 66.6 Å². The average molecular weight is 228 g/mol. The average Bonchev–Trinajstić information content (AvgIpc) is 2.16. The Bertz CT molecular complexity index is 235. The maximum atomic E-state index is 11.9. The van der Waals surface area contributed by atoms with Crippen LogP contribution in [0.5, 0.6) is 0 Å². The summed E-state index contributed by atoms with van der Waals surface area (Å²) >= 11 is 0. The molecule has 94 valence electrons. The molecule has 4 heteroatoms. The van der Waals surface area contributed by atoms with Gasteiger partial charge in [-0.05, 0) is 19.8 Å². The largest absolute Gasteiger partial charge is 0.392 e. The first-order valence-corrected chi connectivity index (χ1v) is 6.14. The Labute approximate surface area is 97.8 Å². The number of aliphatic hydroxyl groups is 1. The zero-order chi connectivity index (χ0) is 12.2. The highest BCUT2D eigenvalue weighted by Gasteiger charge is 2.31. The van der Waals surface area contributed by atoms with Crippen LogP contribution in [0.4, 0.5) is 0 Å². The Morgan fingerprint density at radius 2 is 2.00 bits per heavy atom. The first-order chi connectivity index (χ1) is 7.43. The van der Waals surface area contributed by atoms with Gasteiger partial charge < -0.3 is 15.7 Å². The van der Waals surface area contributed by atoms with Gasteiger partial charge in [0.25, 0.3) is 0 Å². The molecule has 0 heterocycles. The molecule has 1 amide bonds. The van der Waals surface area contributed by atoms with Gasteiger partial charge in [0, 0.05) is 25.6 Å². The molecule has 1 aliphatic rings. The maximum absolute atomic E-state index is 11.9. The Morgan fingerprint density at radius 3 is 2.50 bits per heavy atom. The van der Waals surface area contributed by atoms with Crippen molar-refractivity contribution in [3.05, 3.63) is 0 Å². The van der Waals surface area contributed by atoms with E-state index >= 15 is 0 Å². The lowest BCUT2D eigenvalue weighted by atomic mass is 9.80. The molecule has 1 atom stereocenters. The van der Waals surface area contributed by atoms with Crippen LogP contribution in [-0.2, 0) is 4.79 Å². The molecule has 1 rings (SSSR count). The minimum absolute atomic E-state index is 0.0466. The van der Waals surface area contributed by atoms with Crippen LogP contribution in [0.3, 0.4) is 0 Å². The number of likely N-dealkylation sites (N-methyl/N-ethyl adjacent to an activating group) is 1. The van der Waals surface area contributed by atoms with Crippen LogP contribution < -0.4 is 5.73 Å². The second kappa shape index (κ2) is 5.64. The normalized spacial score (nSPS) is 21.5. The summed E-state index contributed by atoms with van der Waals surface area (Å²) < 4.78 is 0. The summed E-state index contributed by atoms with van der Waals surface area (Å²) in [6.45, 7) is 2.07. The fraction of sp³-hybridized carbons (Fsp3) is 0.917. The smallest absolute Gasteiger partial charge is 0.224 e. The van der Waals surface area contributed by atoms with Crippen molar-refractivity contribution < 1.29 is 9.90 Å². The third-order valence-corrected chi connectivity index (χ3v) is 3.32. The molecule has 0 aromatic rings. The van der Waals surface area contributed by atoms with Gasteiger partial charge in [-0.15, -0.1) is 0 Å². The number of hydrogen-bond acceptors (Lipinski definition) is 3. The SMILES string of the molecule is CC(O)CN(C)C(=O)CC1(N)CCCCC1. The molecule has 1 fully saturated rings. The molecule has 0 aromatic heterocycles. The van der Waals surface area contributed by atoms with Crippen LogP contribution in [0.2, 0.25) is 0 Å². The Morgan fingerprint density at radius 1 is 1.44 bits per heavy atom. The Hall–Kier alpha value is -0.610. The van der Waals surface area contributed by atoms with Gasteiger partial charge in [0.2, 0.25) is 5.91 Å². The molecule has 4 nitrogen and oxygen atoms in total. The van der Waals surface area contributed by atoms with Gasteiger partial charge in [-0.2, -0.15) is 0 Å². The Kier molecular flexibility index (Phi) is 4.74. The molecule has 0 bridgehead atoms. The number of carbonyl (C=O) groups excluding carboxylic acids is 1. The van der Waals surface area contributed by atoms with Gasteiger partial charge in [-0.3, -0.25) is 4.79 Å². The molecule has 0 aromatic carbocycles. The van der Waals surface area contributed by atoms with Crippen LogP contribution >= 0.6 is 0 Å². The molecular weight excluding hydrogens is 204 g/mol. The summed E-state index contributed by atoms with van der Waals surface area (Å²) in [5.74, 6) is 0.0466. The molecule has 0 radical (unpaired) electrons. The number of carbonyl (C=O) groups is 1. The molecule has 3 N–H and O–H groups in total. The fourth-order valence-corrected chi connectivity index (χ4v) is 2.37. The second-order valence-corrected chi connectivity index (χ2v) is 5.22. The van der Waals surface area contributed by atoms with Gasteiger partial charge in [-0.1, -0.05) is 19.3 Å². The van der Waals surface area contributed by atoms with Gasteiger partial charge in [0.1, 0.15) is 0 Å². The highest BCUT2D eigenvalue weighted by Crippen LogP contribution is 2.29. The van der Waals surface area contributed by atoms with E-state index in [1.54, 1.807) is 18.9 Å². The van der Waals surface area contributed by atoms with Gasteiger partial charge >= 0.3 is 0 Å². The van der Waals surface area contributed by atoms with Crippen molar-refractivity contribution in [3.63, 3.8) is 0 Å². The van der Waals surface area contributed by atoms with E-state index in [1.165, 1.54) is 6.42 Å². The van der Waals surface area contributed by atoms with Gasteiger partial charge in [0.15, 0.2) is 0 Å². The summed E-state index contributed by atoms with van der Waals surface area (Å²) in [6.07, 6.45) is 5.32. The van der Waals surface area contributed by atoms with Crippen molar-refractivity contribution in [1.82, 2.24) is 4.90 Å². The van der Waals surface area contributed by atoms with E-state index in [9.17, 15) is 9.90 Å². The van der Waals surface area contributed by atoms with Crippen LogP contribution in [0, 0.1) is 0 Å². The molecular formula is C12H24N2O2. The van der Waals surface area contributed by atoms with Crippen molar-refractivity contribution >= 4 is 5.91 Å². The lowest BCUT2D eigenvalue weighted by Gasteiger charge is -2.34. The summed E-state index contributed by atoms with van der Waals surface area (Å²) in [6, 6.07) is 0. The predicted octanol–water partition coefficient (Wildman–Crippen LogP) is 0.877. The van der Waals surface area contributed by atoms with E-state index in [2.05, 4.69) is 0 Å². The highest BCUT2D eigenvalue weighted by molar-refractivity contribution is 5.77. The third kappa shape index (κ3) is 4.10. The molecule has 0 spiro atoms.